The molecule has 0 aliphatic carbocycles. The smallest absolute Gasteiger partial charge is 0.309 e. The van der Waals surface area contributed by atoms with Gasteiger partial charge in [0.25, 0.3) is 12.3 Å². The monoisotopic (exact) mass is 520 g/mol. The van der Waals surface area contributed by atoms with Gasteiger partial charge in [0.2, 0.25) is 5.91 Å². The number of alkyl halides is 2. The summed E-state index contributed by atoms with van der Waals surface area (Å²) in [5.74, 6) is -1.51. The minimum Gasteiger partial charge on any atom is -0.365 e. The standard InChI is InChI=1S/C21H18F2N6O4S2/c1-8-4-5-14(34-8)11-6-12(18(22)23)26-21-15(11)16(17(35-21)19(24)30)27-20(31)10(3)28-9(2)13(7-25-28)29(32)33/h4-7,10,18H,1-3H3,(H2,24,30)(H,27,31). The minimum absolute atomic E-state index is 0.0445. The van der Waals surface area contributed by atoms with Crippen molar-refractivity contribution in [1.29, 1.82) is 0 Å². The largest absolute Gasteiger partial charge is 0.365 e. The highest BCUT2D eigenvalue weighted by atomic mass is 32.1. The molecule has 10 nitrogen and oxygen atoms in total. The first-order valence-electron chi connectivity index (χ1n) is 10.1. The number of aryl methyl sites for hydroxylation is 1. The van der Waals surface area contributed by atoms with Crippen molar-refractivity contribution in [3.8, 4) is 10.4 Å². The Kier molecular flexibility index (Phi) is 6.34. The van der Waals surface area contributed by atoms with E-state index in [0.717, 1.165) is 22.4 Å². The van der Waals surface area contributed by atoms with E-state index in [1.165, 1.54) is 35.9 Å². The highest BCUT2D eigenvalue weighted by Crippen LogP contribution is 2.44. The number of nitrogens with zero attached hydrogens (tertiary/aromatic N) is 4. The van der Waals surface area contributed by atoms with Crippen molar-refractivity contribution < 1.29 is 23.3 Å². The van der Waals surface area contributed by atoms with E-state index in [-0.39, 0.29) is 26.8 Å². The number of pyridine rings is 1. The molecule has 0 bridgehead atoms. The fraction of sp³-hybridized carbons (Fsp3) is 0.238. The van der Waals surface area contributed by atoms with Gasteiger partial charge in [-0.25, -0.2) is 13.8 Å². The average Bonchev–Trinajstić information content (AvgIpc) is 3.49. The van der Waals surface area contributed by atoms with Crippen molar-refractivity contribution in [3.63, 3.8) is 0 Å². The molecule has 14 heteroatoms. The zero-order valence-corrected chi connectivity index (χ0v) is 20.2. The van der Waals surface area contributed by atoms with Crippen molar-refractivity contribution >= 4 is 56.1 Å². The summed E-state index contributed by atoms with van der Waals surface area (Å²) in [5, 5.41) is 18.0. The second-order valence-corrected chi connectivity index (χ2v) is 9.93. The van der Waals surface area contributed by atoms with Crippen LogP contribution in [0.2, 0.25) is 0 Å². The summed E-state index contributed by atoms with van der Waals surface area (Å²) in [7, 11) is 0. The molecule has 35 heavy (non-hydrogen) atoms. The van der Waals surface area contributed by atoms with E-state index in [0.29, 0.717) is 15.8 Å². The molecule has 0 fully saturated rings. The van der Waals surface area contributed by atoms with Gasteiger partial charge in [0.05, 0.1) is 10.6 Å². The first-order valence-corrected chi connectivity index (χ1v) is 11.7. The van der Waals surface area contributed by atoms with E-state index < -0.39 is 34.9 Å². The van der Waals surface area contributed by atoms with Gasteiger partial charge in [-0.1, -0.05) is 0 Å². The summed E-state index contributed by atoms with van der Waals surface area (Å²) in [4.78, 5) is 41.6. The maximum absolute atomic E-state index is 13.6. The number of nitrogens with two attached hydrogens (primary N) is 1. The molecule has 4 heterocycles. The van der Waals surface area contributed by atoms with E-state index in [2.05, 4.69) is 15.4 Å². The van der Waals surface area contributed by atoms with Crippen LogP contribution >= 0.6 is 22.7 Å². The number of nitrogens with one attached hydrogen (secondary N) is 1. The van der Waals surface area contributed by atoms with Gasteiger partial charge in [-0.3, -0.25) is 24.4 Å². The summed E-state index contributed by atoms with van der Waals surface area (Å²) in [5.41, 5.74) is 5.42. The SMILES string of the molecule is Cc1ccc(-c2cc(C(F)F)nc3sc(C(N)=O)c(NC(=O)C(C)n4ncc([N+](=O)[O-])c4C)c23)s1. The van der Waals surface area contributed by atoms with E-state index in [1.54, 1.807) is 6.07 Å². The van der Waals surface area contributed by atoms with Gasteiger partial charge in [0.1, 0.15) is 33.3 Å². The van der Waals surface area contributed by atoms with Gasteiger partial charge < -0.3 is 11.1 Å². The lowest BCUT2D eigenvalue weighted by atomic mass is 10.1. The molecular weight excluding hydrogens is 502 g/mol. The predicted octanol–water partition coefficient (Wildman–Crippen LogP) is 4.98. The molecule has 0 aliphatic heterocycles. The van der Waals surface area contributed by atoms with Gasteiger partial charge in [0, 0.05) is 20.7 Å². The van der Waals surface area contributed by atoms with Crippen LogP contribution in [0.5, 0.6) is 0 Å². The summed E-state index contributed by atoms with van der Waals surface area (Å²) in [6, 6.07) is 3.81. The molecule has 0 saturated carbocycles. The van der Waals surface area contributed by atoms with E-state index in [9.17, 15) is 28.5 Å². The van der Waals surface area contributed by atoms with Crippen molar-refractivity contribution in [2.24, 2.45) is 5.73 Å². The van der Waals surface area contributed by atoms with Crippen LogP contribution in [0.4, 0.5) is 20.2 Å². The number of nitro groups is 1. The first-order chi connectivity index (χ1) is 16.5. The second-order valence-electron chi connectivity index (χ2n) is 7.64. The van der Waals surface area contributed by atoms with Gasteiger partial charge in [-0.05, 0) is 39.0 Å². The molecule has 4 aromatic rings. The third-order valence-electron chi connectivity index (χ3n) is 5.35. The topological polar surface area (TPSA) is 146 Å². The van der Waals surface area contributed by atoms with Gasteiger partial charge in [-0.2, -0.15) is 5.10 Å². The first kappa shape index (κ1) is 24.3. The van der Waals surface area contributed by atoms with Crippen molar-refractivity contribution in [3.05, 3.63) is 55.7 Å². The number of thiophene rings is 2. The Hall–Kier alpha value is -3.78. The van der Waals surface area contributed by atoms with Crippen LogP contribution in [0.15, 0.2) is 24.4 Å². The zero-order chi connectivity index (χ0) is 25.6. The van der Waals surface area contributed by atoms with Crippen LogP contribution in [0.3, 0.4) is 0 Å². The lowest BCUT2D eigenvalue weighted by Gasteiger charge is -2.15. The molecule has 1 atom stereocenters. The number of halogens is 2. The molecule has 0 aliphatic rings. The molecule has 0 saturated heterocycles. The Morgan fingerprint density at radius 1 is 1.26 bits per heavy atom. The number of amides is 2. The maximum Gasteiger partial charge on any atom is 0.309 e. The van der Waals surface area contributed by atoms with Gasteiger partial charge in [-0.15, -0.1) is 22.7 Å². The molecule has 1 unspecified atom stereocenters. The van der Waals surface area contributed by atoms with Crippen LogP contribution < -0.4 is 11.1 Å². The summed E-state index contributed by atoms with van der Waals surface area (Å²) in [6.45, 7) is 4.80. The van der Waals surface area contributed by atoms with Crippen LogP contribution in [0.25, 0.3) is 20.7 Å². The molecule has 0 spiro atoms. The molecular formula is C21H18F2N6O4S2. The lowest BCUT2D eigenvalue weighted by molar-refractivity contribution is -0.385. The van der Waals surface area contributed by atoms with Crippen molar-refractivity contribution in [1.82, 2.24) is 14.8 Å². The summed E-state index contributed by atoms with van der Waals surface area (Å²) in [6.07, 6.45) is -1.81. The molecule has 4 rings (SSSR count). The summed E-state index contributed by atoms with van der Waals surface area (Å²) < 4.78 is 28.4. The fourth-order valence-electron chi connectivity index (χ4n) is 3.62. The van der Waals surface area contributed by atoms with Gasteiger partial charge >= 0.3 is 5.69 Å². The third-order valence-corrected chi connectivity index (χ3v) is 7.48. The van der Waals surface area contributed by atoms with Crippen molar-refractivity contribution in [2.45, 2.75) is 33.2 Å². The normalized spacial score (nSPS) is 12.3. The molecule has 3 N–H and O–H groups in total. The Morgan fingerprint density at radius 2 is 1.97 bits per heavy atom. The molecule has 0 radical (unpaired) electrons. The Balaban J connectivity index is 1.86. The lowest BCUT2D eigenvalue weighted by Crippen LogP contribution is -2.26. The second kappa shape index (κ2) is 9.11. The number of carbonyl (C=O) groups is 2. The summed E-state index contributed by atoms with van der Waals surface area (Å²) >= 11 is 2.16. The molecule has 0 aromatic carbocycles. The number of hydrogen-bond donors (Lipinski definition) is 2. The van der Waals surface area contributed by atoms with Crippen LogP contribution in [-0.4, -0.2) is 31.5 Å². The maximum atomic E-state index is 13.6. The molecule has 182 valence electrons. The number of hydrogen-bond acceptors (Lipinski definition) is 8. The highest BCUT2D eigenvalue weighted by Gasteiger charge is 2.28. The van der Waals surface area contributed by atoms with E-state index >= 15 is 0 Å². The van der Waals surface area contributed by atoms with E-state index in [1.807, 2.05) is 13.0 Å². The minimum atomic E-state index is -2.85. The predicted molar refractivity (Wildman–Crippen MR) is 128 cm³/mol. The number of carbonyl (C=O) groups excluding carboxylic acids is 2. The average molecular weight is 521 g/mol. The van der Waals surface area contributed by atoms with Crippen molar-refractivity contribution in [2.75, 3.05) is 5.32 Å². The Labute approximate surface area is 204 Å². The number of rotatable bonds is 7. The molecule has 4 aromatic heterocycles. The quantitative estimate of drug-likeness (QED) is 0.259. The van der Waals surface area contributed by atoms with Crippen LogP contribution in [0, 0.1) is 24.0 Å². The molecule has 2 amide bonds. The Bertz CT molecular complexity index is 1490. The van der Waals surface area contributed by atoms with Crippen LogP contribution in [-0.2, 0) is 4.79 Å². The van der Waals surface area contributed by atoms with E-state index in [4.69, 9.17) is 5.73 Å². The van der Waals surface area contributed by atoms with Gasteiger partial charge in [0.15, 0.2) is 0 Å². The number of aromatic nitrogens is 3. The number of primary amides is 1. The number of anilines is 1. The number of fused-ring (bicyclic) bond motifs is 1. The zero-order valence-electron chi connectivity index (χ0n) is 18.5. The highest BCUT2D eigenvalue weighted by molar-refractivity contribution is 7.21. The Morgan fingerprint density at radius 3 is 2.51 bits per heavy atom. The fourth-order valence-corrected chi connectivity index (χ4v) is 5.52. The third kappa shape index (κ3) is 4.37. The van der Waals surface area contributed by atoms with Crippen LogP contribution in [0.1, 0.15) is 45.3 Å².